The fourth-order valence-electron chi connectivity index (χ4n) is 2.13. The van der Waals surface area contributed by atoms with Crippen molar-refractivity contribution in [3.63, 3.8) is 0 Å². The average Bonchev–Trinajstić information content (AvgIpc) is 3.17. The predicted molar refractivity (Wildman–Crippen MR) is 79.4 cm³/mol. The van der Waals surface area contributed by atoms with Crippen LogP contribution < -0.4 is 11.1 Å². The van der Waals surface area contributed by atoms with Crippen LogP contribution in [0.5, 0.6) is 0 Å². The van der Waals surface area contributed by atoms with Crippen molar-refractivity contribution in [3.05, 3.63) is 23.2 Å². The molecule has 0 aromatic heterocycles. The van der Waals surface area contributed by atoms with Gasteiger partial charge < -0.3 is 11.1 Å². The Morgan fingerprint density at radius 2 is 2.26 bits per heavy atom. The van der Waals surface area contributed by atoms with Gasteiger partial charge in [-0.15, -0.1) is 0 Å². The summed E-state index contributed by atoms with van der Waals surface area (Å²) in [5, 5.41) is 3.34. The summed E-state index contributed by atoms with van der Waals surface area (Å²) in [6.45, 7) is 3.51. The van der Waals surface area contributed by atoms with E-state index in [-0.39, 0.29) is 5.91 Å². The lowest BCUT2D eigenvalue weighted by molar-refractivity contribution is -0.117. The number of halogens is 1. The summed E-state index contributed by atoms with van der Waals surface area (Å²) in [4.78, 5) is 14.3. The third kappa shape index (κ3) is 4.11. The molecule has 3 N–H and O–H groups in total. The molecule has 0 radical (unpaired) electrons. The van der Waals surface area contributed by atoms with E-state index in [2.05, 4.69) is 17.1 Å². The second-order valence-corrected chi connectivity index (χ2v) is 5.40. The monoisotopic (exact) mass is 281 g/mol. The van der Waals surface area contributed by atoms with E-state index in [9.17, 15) is 4.79 Å². The Morgan fingerprint density at radius 3 is 2.89 bits per heavy atom. The van der Waals surface area contributed by atoms with Crippen LogP contribution in [-0.2, 0) is 4.79 Å². The van der Waals surface area contributed by atoms with Crippen LogP contribution in [0.2, 0.25) is 5.02 Å². The van der Waals surface area contributed by atoms with E-state index in [1.54, 1.807) is 18.2 Å². The topological polar surface area (TPSA) is 58.4 Å². The molecule has 19 heavy (non-hydrogen) atoms. The molecule has 1 aliphatic rings. The van der Waals surface area contributed by atoms with E-state index in [1.165, 1.54) is 12.8 Å². The fraction of sp³-hybridized carbons (Fsp3) is 0.500. The first kappa shape index (κ1) is 14.2. The number of carbonyl (C=O) groups is 1. The molecule has 1 amide bonds. The molecule has 1 aromatic rings. The molecule has 0 aliphatic heterocycles. The minimum Gasteiger partial charge on any atom is -0.399 e. The molecule has 5 heteroatoms. The Bertz CT molecular complexity index is 460. The summed E-state index contributed by atoms with van der Waals surface area (Å²) < 4.78 is 0. The lowest BCUT2D eigenvalue weighted by atomic mass is 10.2. The highest BCUT2D eigenvalue weighted by Gasteiger charge is 2.29. The van der Waals surface area contributed by atoms with E-state index < -0.39 is 0 Å². The van der Waals surface area contributed by atoms with Crippen LogP contribution in [-0.4, -0.2) is 29.9 Å². The zero-order chi connectivity index (χ0) is 13.8. The smallest absolute Gasteiger partial charge is 0.238 e. The predicted octanol–water partition coefficient (Wildman–Crippen LogP) is 2.74. The molecule has 1 fully saturated rings. The molecule has 0 unspecified atom stereocenters. The molecule has 0 heterocycles. The molecular formula is C14H20ClN3O. The number of carbonyl (C=O) groups excluding carboxylic acids is 1. The first-order valence-electron chi connectivity index (χ1n) is 6.69. The highest BCUT2D eigenvalue weighted by atomic mass is 35.5. The van der Waals surface area contributed by atoms with Gasteiger partial charge in [0.2, 0.25) is 5.91 Å². The van der Waals surface area contributed by atoms with Crippen molar-refractivity contribution in [2.45, 2.75) is 32.2 Å². The first-order valence-corrected chi connectivity index (χ1v) is 7.07. The first-order chi connectivity index (χ1) is 9.10. The largest absolute Gasteiger partial charge is 0.399 e. The van der Waals surface area contributed by atoms with Gasteiger partial charge in [0.1, 0.15) is 0 Å². The fourth-order valence-corrected chi connectivity index (χ4v) is 2.30. The minimum absolute atomic E-state index is 0.0344. The summed E-state index contributed by atoms with van der Waals surface area (Å²) >= 11 is 6.03. The SMILES string of the molecule is CCCN(CC(=O)Nc1cc(N)ccc1Cl)C1CC1. The van der Waals surface area contributed by atoms with Gasteiger partial charge in [-0.3, -0.25) is 9.69 Å². The second kappa shape index (κ2) is 6.26. The van der Waals surface area contributed by atoms with Crippen molar-refractivity contribution < 1.29 is 4.79 Å². The molecule has 0 spiro atoms. The van der Waals surface area contributed by atoms with Crippen molar-refractivity contribution in [2.75, 3.05) is 24.1 Å². The van der Waals surface area contributed by atoms with Gasteiger partial charge in [0.25, 0.3) is 0 Å². The van der Waals surface area contributed by atoms with Crippen LogP contribution in [0.15, 0.2) is 18.2 Å². The zero-order valence-electron chi connectivity index (χ0n) is 11.2. The number of hydrogen-bond acceptors (Lipinski definition) is 3. The summed E-state index contributed by atoms with van der Waals surface area (Å²) in [5.41, 5.74) is 6.86. The van der Waals surface area contributed by atoms with Gasteiger partial charge in [0.15, 0.2) is 0 Å². The number of nitrogens with two attached hydrogens (primary N) is 1. The van der Waals surface area contributed by atoms with Crippen LogP contribution in [0.25, 0.3) is 0 Å². The van der Waals surface area contributed by atoms with Gasteiger partial charge in [-0.2, -0.15) is 0 Å². The lowest BCUT2D eigenvalue weighted by Gasteiger charge is -2.20. The van der Waals surface area contributed by atoms with E-state index in [0.29, 0.717) is 29.0 Å². The normalized spacial score (nSPS) is 14.7. The maximum atomic E-state index is 12.0. The van der Waals surface area contributed by atoms with Gasteiger partial charge in [0, 0.05) is 11.7 Å². The van der Waals surface area contributed by atoms with Crippen LogP contribution in [0.4, 0.5) is 11.4 Å². The summed E-state index contributed by atoms with van der Waals surface area (Å²) in [7, 11) is 0. The average molecular weight is 282 g/mol. The molecule has 0 saturated heterocycles. The number of nitrogen functional groups attached to an aromatic ring is 1. The molecule has 1 saturated carbocycles. The quantitative estimate of drug-likeness (QED) is 0.788. The number of benzene rings is 1. The zero-order valence-corrected chi connectivity index (χ0v) is 11.9. The van der Waals surface area contributed by atoms with E-state index >= 15 is 0 Å². The van der Waals surface area contributed by atoms with Gasteiger partial charge in [0.05, 0.1) is 17.3 Å². The molecule has 2 rings (SSSR count). The number of hydrogen-bond donors (Lipinski definition) is 2. The Labute approximate surface area is 118 Å². The molecule has 0 atom stereocenters. The van der Waals surface area contributed by atoms with Crippen molar-refractivity contribution in [1.29, 1.82) is 0 Å². The number of nitrogens with zero attached hydrogens (tertiary/aromatic N) is 1. The standard InChI is InChI=1S/C14H20ClN3O/c1-2-7-18(11-4-5-11)9-14(19)17-13-8-10(16)3-6-12(13)15/h3,6,8,11H,2,4-5,7,9,16H2,1H3,(H,17,19). The molecule has 1 aromatic carbocycles. The minimum atomic E-state index is -0.0344. The van der Waals surface area contributed by atoms with E-state index in [4.69, 9.17) is 17.3 Å². The van der Waals surface area contributed by atoms with Crippen LogP contribution >= 0.6 is 11.6 Å². The van der Waals surface area contributed by atoms with Gasteiger partial charge in [-0.25, -0.2) is 0 Å². The Hall–Kier alpha value is -1.26. The molecule has 4 nitrogen and oxygen atoms in total. The van der Waals surface area contributed by atoms with Crippen LogP contribution in [0.3, 0.4) is 0 Å². The molecular weight excluding hydrogens is 262 g/mol. The highest BCUT2D eigenvalue weighted by molar-refractivity contribution is 6.33. The maximum Gasteiger partial charge on any atom is 0.238 e. The third-order valence-corrected chi connectivity index (χ3v) is 3.51. The number of nitrogens with one attached hydrogen (secondary N) is 1. The molecule has 104 valence electrons. The van der Waals surface area contributed by atoms with E-state index in [1.807, 2.05) is 0 Å². The number of amides is 1. The summed E-state index contributed by atoms with van der Waals surface area (Å²) in [6.07, 6.45) is 3.46. The molecule has 0 bridgehead atoms. The maximum absolute atomic E-state index is 12.0. The Kier molecular flexibility index (Phi) is 4.66. The van der Waals surface area contributed by atoms with Gasteiger partial charge in [-0.1, -0.05) is 18.5 Å². The Balaban J connectivity index is 1.94. The lowest BCUT2D eigenvalue weighted by Crippen LogP contribution is -2.35. The number of rotatable bonds is 6. The Morgan fingerprint density at radius 1 is 1.53 bits per heavy atom. The van der Waals surface area contributed by atoms with Crippen molar-refractivity contribution >= 4 is 28.9 Å². The van der Waals surface area contributed by atoms with Crippen molar-refractivity contribution in [3.8, 4) is 0 Å². The van der Waals surface area contributed by atoms with Crippen molar-refractivity contribution in [1.82, 2.24) is 4.90 Å². The summed E-state index contributed by atoms with van der Waals surface area (Å²) in [6, 6.07) is 5.67. The third-order valence-electron chi connectivity index (χ3n) is 3.19. The van der Waals surface area contributed by atoms with Gasteiger partial charge >= 0.3 is 0 Å². The molecule has 1 aliphatic carbocycles. The second-order valence-electron chi connectivity index (χ2n) is 4.99. The van der Waals surface area contributed by atoms with E-state index in [0.717, 1.165) is 13.0 Å². The van der Waals surface area contributed by atoms with Crippen molar-refractivity contribution in [2.24, 2.45) is 0 Å². The van der Waals surface area contributed by atoms with Crippen LogP contribution in [0, 0.1) is 0 Å². The highest BCUT2D eigenvalue weighted by Crippen LogP contribution is 2.27. The van der Waals surface area contributed by atoms with Crippen LogP contribution in [0.1, 0.15) is 26.2 Å². The number of anilines is 2. The summed E-state index contributed by atoms with van der Waals surface area (Å²) in [5.74, 6) is -0.0344. The van der Waals surface area contributed by atoms with Gasteiger partial charge in [-0.05, 0) is 44.0 Å².